The summed E-state index contributed by atoms with van der Waals surface area (Å²) in [5.74, 6) is 0. The molecule has 0 aliphatic carbocycles. The predicted octanol–water partition coefficient (Wildman–Crippen LogP) is 12.6. The maximum absolute atomic E-state index is 2.45. The van der Waals surface area contributed by atoms with Crippen LogP contribution in [0.3, 0.4) is 0 Å². The zero-order valence-electron chi connectivity index (χ0n) is 27.7. The number of rotatable bonds is 4. The van der Waals surface area contributed by atoms with E-state index < -0.39 is 0 Å². The highest BCUT2D eigenvalue weighted by molar-refractivity contribution is 6.19. The summed E-state index contributed by atoms with van der Waals surface area (Å²) in [7, 11) is 0. The molecule has 0 N–H and O–H groups in total. The van der Waals surface area contributed by atoms with Crippen LogP contribution in [0, 0.1) is 0 Å². The number of fused-ring (bicyclic) bond motifs is 9. The van der Waals surface area contributed by atoms with E-state index in [0.717, 1.165) is 11.4 Å². The fourth-order valence-electron chi connectivity index (χ4n) is 8.47. The van der Waals surface area contributed by atoms with Gasteiger partial charge in [0.2, 0.25) is 0 Å². The van der Waals surface area contributed by atoms with Gasteiger partial charge in [-0.25, -0.2) is 0 Å². The Morgan fingerprint density at radius 2 is 0.686 bits per heavy atom. The quantitative estimate of drug-likeness (QED) is 0.180. The second-order valence-electron chi connectivity index (χ2n) is 13.4. The monoisotopic (exact) mass is 649 g/mol. The summed E-state index contributed by atoms with van der Waals surface area (Å²) in [6.07, 6.45) is 0. The summed E-state index contributed by atoms with van der Waals surface area (Å²) in [5.41, 5.74) is 13.1. The Hall–Kier alpha value is -6.84. The van der Waals surface area contributed by atoms with Crippen molar-refractivity contribution in [1.29, 1.82) is 0 Å². The first-order valence-corrected chi connectivity index (χ1v) is 17.5. The molecule has 11 rings (SSSR count). The van der Waals surface area contributed by atoms with E-state index in [2.05, 4.69) is 202 Å². The minimum Gasteiger partial charge on any atom is -0.309 e. The van der Waals surface area contributed by atoms with E-state index in [9.17, 15) is 0 Å². The highest BCUT2D eigenvalue weighted by Crippen LogP contribution is 2.42. The van der Waals surface area contributed by atoms with Gasteiger partial charge in [0.25, 0.3) is 0 Å². The van der Waals surface area contributed by atoms with Crippen LogP contribution < -0.4 is 0 Å². The molecule has 0 saturated carbocycles. The lowest BCUT2D eigenvalue weighted by atomic mass is 10.0. The van der Waals surface area contributed by atoms with Gasteiger partial charge in [-0.3, -0.25) is 0 Å². The minimum atomic E-state index is 1.14. The molecule has 8 aromatic carbocycles. The number of nitrogens with zero attached hydrogens (tertiary/aromatic N) is 3. The van der Waals surface area contributed by atoms with Gasteiger partial charge in [0.1, 0.15) is 0 Å². The van der Waals surface area contributed by atoms with Crippen LogP contribution in [0.1, 0.15) is 0 Å². The van der Waals surface area contributed by atoms with Gasteiger partial charge in [0.05, 0.1) is 33.1 Å². The molecule has 0 radical (unpaired) electrons. The van der Waals surface area contributed by atoms with Crippen molar-refractivity contribution in [1.82, 2.24) is 13.7 Å². The van der Waals surface area contributed by atoms with Crippen molar-refractivity contribution in [2.45, 2.75) is 0 Å². The van der Waals surface area contributed by atoms with Crippen LogP contribution in [0.2, 0.25) is 0 Å². The minimum absolute atomic E-state index is 1.14. The Balaban J connectivity index is 1.19. The van der Waals surface area contributed by atoms with Gasteiger partial charge in [0.15, 0.2) is 0 Å². The third-order valence-electron chi connectivity index (χ3n) is 10.6. The summed E-state index contributed by atoms with van der Waals surface area (Å²) < 4.78 is 7.28. The zero-order chi connectivity index (χ0) is 33.5. The van der Waals surface area contributed by atoms with E-state index in [4.69, 9.17) is 0 Å². The van der Waals surface area contributed by atoms with Gasteiger partial charge >= 0.3 is 0 Å². The van der Waals surface area contributed by atoms with E-state index in [1.54, 1.807) is 0 Å². The maximum Gasteiger partial charge on any atom is 0.0619 e. The standard InChI is InChI=1S/C48H31N3/c1-3-16-33(17-4-1)49-43-26-10-8-22-38(43)41-31-47-42(30-46(41)49)39-23-9-11-27-44(39)50(47)35-20-13-15-32(29-35)36-24-14-25-40-37-21-7-12-28-45(37)51(48(36)40)34-18-5-2-6-19-34/h1-31H. The van der Waals surface area contributed by atoms with Crippen molar-refractivity contribution >= 4 is 65.4 Å². The summed E-state index contributed by atoms with van der Waals surface area (Å²) in [6.45, 7) is 0. The van der Waals surface area contributed by atoms with E-state index in [-0.39, 0.29) is 0 Å². The number of para-hydroxylation sites is 6. The molecule has 3 nitrogen and oxygen atoms in total. The molecule has 0 atom stereocenters. The van der Waals surface area contributed by atoms with Gasteiger partial charge in [-0.05, 0) is 72.3 Å². The van der Waals surface area contributed by atoms with Crippen LogP contribution in [0.5, 0.6) is 0 Å². The lowest BCUT2D eigenvalue weighted by Gasteiger charge is -2.14. The molecule has 0 saturated heterocycles. The van der Waals surface area contributed by atoms with E-state index in [1.807, 2.05) is 0 Å². The zero-order valence-corrected chi connectivity index (χ0v) is 27.7. The normalized spacial score (nSPS) is 11.9. The predicted molar refractivity (Wildman–Crippen MR) is 215 cm³/mol. The second kappa shape index (κ2) is 10.8. The van der Waals surface area contributed by atoms with Crippen molar-refractivity contribution in [3.63, 3.8) is 0 Å². The lowest BCUT2D eigenvalue weighted by molar-refractivity contribution is 1.17. The fraction of sp³-hybridized carbons (Fsp3) is 0. The van der Waals surface area contributed by atoms with Crippen molar-refractivity contribution in [2.24, 2.45) is 0 Å². The van der Waals surface area contributed by atoms with Crippen LogP contribution in [-0.4, -0.2) is 13.7 Å². The average Bonchev–Trinajstić information content (AvgIpc) is 3.83. The molecule has 3 aromatic heterocycles. The Kier molecular flexibility index (Phi) is 5.96. The molecule has 0 unspecified atom stereocenters. The maximum atomic E-state index is 2.45. The van der Waals surface area contributed by atoms with Crippen molar-refractivity contribution in [2.75, 3.05) is 0 Å². The van der Waals surface area contributed by atoms with Crippen LogP contribution in [0.4, 0.5) is 0 Å². The average molecular weight is 650 g/mol. The van der Waals surface area contributed by atoms with E-state index in [1.165, 1.54) is 82.2 Å². The molecular weight excluding hydrogens is 619 g/mol. The molecule has 238 valence electrons. The molecule has 11 aromatic rings. The summed E-state index contributed by atoms with van der Waals surface area (Å²) >= 11 is 0. The molecule has 0 spiro atoms. The Morgan fingerprint density at radius 3 is 1.29 bits per heavy atom. The third-order valence-corrected chi connectivity index (χ3v) is 10.6. The van der Waals surface area contributed by atoms with E-state index in [0.29, 0.717) is 0 Å². The number of benzene rings is 8. The third kappa shape index (κ3) is 4.06. The fourth-order valence-corrected chi connectivity index (χ4v) is 8.47. The first-order chi connectivity index (χ1) is 25.3. The highest BCUT2D eigenvalue weighted by atomic mass is 15.0. The lowest BCUT2D eigenvalue weighted by Crippen LogP contribution is -1.97. The molecule has 0 amide bonds. The molecule has 3 heterocycles. The molecule has 3 heteroatoms. The number of aromatic nitrogens is 3. The van der Waals surface area contributed by atoms with Crippen molar-refractivity contribution in [3.8, 4) is 28.2 Å². The molecule has 0 bridgehead atoms. The highest BCUT2D eigenvalue weighted by Gasteiger charge is 2.20. The largest absolute Gasteiger partial charge is 0.309 e. The van der Waals surface area contributed by atoms with Crippen molar-refractivity contribution in [3.05, 3.63) is 188 Å². The van der Waals surface area contributed by atoms with Crippen LogP contribution in [-0.2, 0) is 0 Å². The van der Waals surface area contributed by atoms with Gasteiger partial charge in [-0.1, -0.05) is 121 Å². The molecule has 0 fully saturated rings. The van der Waals surface area contributed by atoms with E-state index >= 15 is 0 Å². The van der Waals surface area contributed by atoms with Crippen molar-refractivity contribution < 1.29 is 0 Å². The van der Waals surface area contributed by atoms with Gasteiger partial charge in [-0.15, -0.1) is 0 Å². The molecule has 0 aliphatic rings. The van der Waals surface area contributed by atoms with Gasteiger partial charge in [0, 0.05) is 54.9 Å². The van der Waals surface area contributed by atoms with Gasteiger partial charge in [-0.2, -0.15) is 0 Å². The van der Waals surface area contributed by atoms with Gasteiger partial charge < -0.3 is 13.7 Å². The first-order valence-electron chi connectivity index (χ1n) is 17.5. The summed E-state index contributed by atoms with van der Waals surface area (Å²) in [6, 6.07) is 68.4. The summed E-state index contributed by atoms with van der Waals surface area (Å²) in [5, 5.41) is 7.51. The smallest absolute Gasteiger partial charge is 0.0619 e. The molecular formula is C48H31N3. The van der Waals surface area contributed by atoms with Crippen LogP contribution in [0.25, 0.3) is 93.6 Å². The summed E-state index contributed by atoms with van der Waals surface area (Å²) in [4.78, 5) is 0. The molecule has 0 aliphatic heterocycles. The Bertz CT molecular complexity index is 3120. The van der Waals surface area contributed by atoms with Crippen LogP contribution >= 0.6 is 0 Å². The molecule has 51 heavy (non-hydrogen) atoms. The Labute approximate surface area is 294 Å². The number of hydrogen-bond donors (Lipinski definition) is 0. The topological polar surface area (TPSA) is 14.8 Å². The SMILES string of the molecule is c1ccc(-n2c3ccccc3c3cc4c(cc32)c2ccccc2n4-c2cccc(-c3cccc4c5ccccc5n(-c5ccccc5)c34)c2)cc1. The van der Waals surface area contributed by atoms with Crippen LogP contribution in [0.15, 0.2) is 188 Å². The first kappa shape index (κ1) is 28.0. The Morgan fingerprint density at radius 1 is 0.255 bits per heavy atom. The second-order valence-corrected chi connectivity index (χ2v) is 13.4. The number of hydrogen-bond acceptors (Lipinski definition) is 0.